The van der Waals surface area contributed by atoms with Gasteiger partial charge in [-0.15, -0.1) is 0 Å². The number of hydrogen-bond acceptors (Lipinski definition) is 2. The number of nitrogen functional groups attached to an aromatic ring is 1. The van der Waals surface area contributed by atoms with Gasteiger partial charge in [0.2, 0.25) is 0 Å². The fourth-order valence-electron chi connectivity index (χ4n) is 1.68. The summed E-state index contributed by atoms with van der Waals surface area (Å²) in [4.78, 5) is 0. The zero-order valence-electron chi connectivity index (χ0n) is 9.61. The van der Waals surface area contributed by atoms with Crippen LogP contribution in [0.5, 0.6) is 5.75 Å². The smallest absolute Gasteiger partial charge is 0.119 e. The molecule has 0 unspecified atom stereocenters. The Hall–Kier alpha value is -1.67. The quantitative estimate of drug-likeness (QED) is 0.843. The Morgan fingerprint density at radius 3 is 2.47 bits per heavy atom. The summed E-state index contributed by atoms with van der Waals surface area (Å²) in [5.41, 5.74) is 8.96. The van der Waals surface area contributed by atoms with E-state index in [4.69, 9.17) is 22.1 Å². The number of methoxy groups -OCH3 is 1. The number of ether oxygens (including phenoxy) is 1. The number of rotatable bonds is 3. The molecule has 0 bridgehead atoms. The van der Waals surface area contributed by atoms with Crippen LogP contribution in [0.15, 0.2) is 42.5 Å². The monoisotopic (exact) mass is 247 g/mol. The van der Waals surface area contributed by atoms with Crippen LogP contribution in [0.1, 0.15) is 11.1 Å². The molecule has 0 aliphatic carbocycles. The molecule has 0 fully saturated rings. The van der Waals surface area contributed by atoms with Gasteiger partial charge in [-0.1, -0.05) is 23.7 Å². The number of halogens is 1. The van der Waals surface area contributed by atoms with Crippen molar-refractivity contribution in [1.29, 1.82) is 0 Å². The molecule has 0 atom stereocenters. The van der Waals surface area contributed by atoms with Gasteiger partial charge < -0.3 is 10.5 Å². The van der Waals surface area contributed by atoms with E-state index in [0.717, 1.165) is 28.4 Å². The van der Waals surface area contributed by atoms with E-state index >= 15 is 0 Å². The number of hydrogen-bond donors (Lipinski definition) is 1. The van der Waals surface area contributed by atoms with Crippen molar-refractivity contribution >= 4 is 17.3 Å². The zero-order valence-corrected chi connectivity index (χ0v) is 10.4. The van der Waals surface area contributed by atoms with Gasteiger partial charge in [-0.25, -0.2) is 0 Å². The van der Waals surface area contributed by atoms with Gasteiger partial charge in [-0.05, 0) is 47.9 Å². The highest BCUT2D eigenvalue weighted by molar-refractivity contribution is 6.30. The minimum Gasteiger partial charge on any atom is -0.497 e. The van der Waals surface area contributed by atoms with E-state index in [0.29, 0.717) is 0 Å². The maximum Gasteiger partial charge on any atom is 0.119 e. The molecular formula is C14H14ClNO. The third-order valence-electron chi connectivity index (χ3n) is 2.66. The predicted octanol–water partition coefficient (Wildman–Crippen LogP) is 3.52. The summed E-state index contributed by atoms with van der Waals surface area (Å²) in [5, 5.41) is 0.743. The van der Waals surface area contributed by atoms with E-state index in [9.17, 15) is 0 Å². The van der Waals surface area contributed by atoms with Crippen LogP contribution in [0.3, 0.4) is 0 Å². The Balaban J connectivity index is 2.25. The number of benzene rings is 2. The third-order valence-corrected chi connectivity index (χ3v) is 2.91. The summed E-state index contributed by atoms with van der Waals surface area (Å²) in [5.74, 6) is 0.822. The Morgan fingerprint density at radius 2 is 1.82 bits per heavy atom. The maximum absolute atomic E-state index is 5.94. The zero-order chi connectivity index (χ0) is 12.3. The van der Waals surface area contributed by atoms with Gasteiger partial charge in [0.05, 0.1) is 7.11 Å². The van der Waals surface area contributed by atoms with E-state index in [1.165, 1.54) is 5.56 Å². The minimum atomic E-state index is 0.743. The molecule has 0 spiro atoms. The van der Waals surface area contributed by atoms with E-state index in [1.54, 1.807) is 7.11 Å². The van der Waals surface area contributed by atoms with Crippen molar-refractivity contribution in [2.24, 2.45) is 0 Å². The van der Waals surface area contributed by atoms with Gasteiger partial charge in [0, 0.05) is 10.7 Å². The summed E-state index contributed by atoms with van der Waals surface area (Å²) in [6.45, 7) is 0. The van der Waals surface area contributed by atoms with Crippen LogP contribution in [0.25, 0.3) is 0 Å². The summed E-state index contributed by atoms with van der Waals surface area (Å²) in [7, 11) is 1.65. The van der Waals surface area contributed by atoms with Crippen LogP contribution in [0.4, 0.5) is 5.69 Å². The van der Waals surface area contributed by atoms with Crippen molar-refractivity contribution in [3.63, 3.8) is 0 Å². The Bertz CT molecular complexity index is 508. The van der Waals surface area contributed by atoms with Crippen LogP contribution in [0.2, 0.25) is 5.02 Å². The molecule has 2 aromatic rings. The Labute approximate surface area is 106 Å². The van der Waals surface area contributed by atoms with Gasteiger partial charge in [0.15, 0.2) is 0 Å². The maximum atomic E-state index is 5.94. The lowest BCUT2D eigenvalue weighted by Crippen LogP contribution is -1.96. The second-order valence-corrected chi connectivity index (χ2v) is 4.30. The summed E-state index contributed by atoms with van der Waals surface area (Å²) in [6, 6.07) is 13.5. The SMILES string of the molecule is COc1ccc(N)c(Cc2ccc(Cl)cc2)c1. The highest BCUT2D eigenvalue weighted by Crippen LogP contribution is 2.22. The molecule has 0 aliphatic heterocycles. The van der Waals surface area contributed by atoms with Crippen molar-refractivity contribution in [2.75, 3.05) is 12.8 Å². The Morgan fingerprint density at radius 1 is 1.12 bits per heavy atom. The lowest BCUT2D eigenvalue weighted by atomic mass is 10.0. The standard InChI is InChI=1S/C14H14ClNO/c1-17-13-6-7-14(16)11(9-13)8-10-2-4-12(15)5-3-10/h2-7,9H,8,16H2,1H3. The second-order valence-electron chi connectivity index (χ2n) is 3.87. The first-order valence-electron chi connectivity index (χ1n) is 5.36. The van der Waals surface area contributed by atoms with Crippen molar-refractivity contribution in [3.8, 4) is 5.75 Å². The average Bonchev–Trinajstić information content (AvgIpc) is 2.35. The molecule has 2 aromatic carbocycles. The molecule has 0 heterocycles. The molecule has 2 N–H and O–H groups in total. The van der Waals surface area contributed by atoms with Gasteiger partial charge in [-0.2, -0.15) is 0 Å². The first-order valence-corrected chi connectivity index (χ1v) is 5.73. The molecule has 88 valence electrons. The van der Waals surface area contributed by atoms with Crippen molar-refractivity contribution in [3.05, 3.63) is 58.6 Å². The normalized spacial score (nSPS) is 10.2. The molecule has 2 rings (SSSR count). The topological polar surface area (TPSA) is 35.2 Å². The van der Waals surface area contributed by atoms with E-state index < -0.39 is 0 Å². The average molecular weight is 248 g/mol. The third kappa shape index (κ3) is 2.92. The Kier molecular flexibility index (Phi) is 3.55. The molecule has 2 nitrogen and oxygen atoms in total. The highest BCUT2D eigenvalue weighted by Gasteiger charge is 2.03. The van der Waals surface area contributed by atoms with Gasteiger partial charge in [0.25, 0.3) is 0 Å². The van der Waals surface area contributed by atoms with Gasteiger partial charge >= 0.3 is 0 Å². The van der Waals surface area contributed by atoms with E-state index in [-0.39, 0.29) is 0 Å². The molecule has 3 heteroatoms. The fourth-order valence-corrected chi connectivity index (χ4v) is 1.81. The first-order chi connectivity index (χ1) is 8.19. The molecule has 17 heavy (non-hydrogen) atoms. The van der Waals surface area contributed by atoms with Crippen LogP contribution in [0, 0.1) is 0 Å². The van der Waals surface area contributed by atoms with E-state index in [1.807, 2.05) is 42.5 Å². The fraction of sp³-hybridized carbons (Fsp3) is 0.143. The van der Waals surface area contributed by atoms with Crippen LogP contribution in [-0.4, -0.2) is 7.11 Å². The molecule has 0 aromatic heterocycles. The van der Waals surface area contributed by atoms with Crippen LogP contribution in [-0.2, 0) is 6.42 Å². The molecule has 0 saturated carbocycles. The summed E-state index contributed by atoms with van der Waals surface area (Å²) in [6.07, 6.45) is 0.778. The number of anilines is 1. The van der Waals surface area contributed by atoms with Gasteiger partial charge in [0.1, 0.15) is 5.75 Å². The summed E-state index contributed by atoms with van der Waals surface area (Å²) >= 11 is 5.85. The molecule has 0 radical (unpaired) electrons. The minimum absolute atomic E-state index is 0.743. The predicted molar refractivity (Wildman–Crippen MR) is 71.7 cm³/mol. The second kappa shape index (κ2) is 5.11. The van der Waals surface area contributed by atoms with Crippen LogP contribution >= 0.6 is 11.6 Å². The summed E-state index contributed by atoms with van der Waals surface area (Å²) < 4.78 is 5.19. The molecule has 0 amide bonds. The first kappa shape index (κ1) is 11.8. The van der Waals surface area contributed by atoms with Gasteiger partial charge in [-0.3, -0.25) is 0 Å². The highest BCUT2D eigenvalue weighted by atomic mass is 35.5. The largest absolute Gasteiger partial charge is 0.497 e. The molecule has 0 saturated heterocycles. The molecular weight excluding hydrogens is 234 g/mol. The van der Waals surface area contributed by atoms with Crippen LogP contribution < -0.4 is 10.5 Å². The lowest BCUT2D eigenvalue weighted by Gasteiger charge is -2.08. The lowest BCUT2D eigenvalue weighted by molar-refractivity contribution is 0.414. The number of nitrogens with two attached hydrogens (primary N) is 1. The van der Waals surface area contributed by atoms with Crippen molar-refractivity contribution < 1.29 is 4.74 Å². The van der Waals surface area contributed by atoms with E-state index in [2.05, 4.69) is 0 Å². The van der Waals surface area contributed by atoms with Crippen molar-refractivity contribution in [1.82, 2.24) is 0 Å². The molecule has 0 aliphatic rings. The van der Waals surface area contributed by atoms with Crippen molar-refractivity contribution in [2.45, 2.75) is 6.42 Å².